The van der Waals surface area contributed by atoms with Crippen LogP contribution < -0.4 is 0 Å². The van der Waals surface area contributed by atoms with Crippen molar-refractivity contribution in [3.63, 3.8) is 0 Å². The van der Waals surface area contributed by atoms with E-state index < -0.39 is 0 Å². The van der Waals surface area contributed by atoms with Crippen LogP contribution in [0.3, 0.4) is 0 Å². The van der Waals surface area contributed by atoms with Gasteiger partial charge in [-0.15, -0.1) is 0 Å². The van der Waals surface area contributed by atoms with Crippen molar-refractivity contribution in [2.24, 2.45) is 5.92 Å². The zero-order chi connectivity index (χ0) is 10.8. The Labute approximate surface area is 87.3 Å². The summed E-state index contributed by atoms with van der Waals surface area (Å²) >= 11 is 0. The molecule has 0 bridgehead atoms. The second-order valence-corrected chi connectivity index (χ2v) is 3.70. The second-order valence-electron chi connectivity index (χ2n) is 3.70. The first-order valence-electron chi connectivity index (χ1n) is 5.45. The van der Waals surface area contributed by atoms with Crippen molar-refractivity contribution < 1.29 is 9.53 Å². The first kappa shape index (κ1) is 13.2. The van der Waals surface area contributed by atoms with Gasteiger partial charge in [-0.2, -0.15) is 0 Å². The molecule has 1 unspecified atom stereocenters. The number of carbonyl (C=O) groups is 1. The van der Waals surface area contributed by atoms with Gasteiger partial charge in [0.2, 0.25) is 0 Å². The van der Waals surface area contributed by atoms with E-state index in [1.807, 2.05) is 0 Å². The molecule has 14 heavy (non-hydrogen) atoms. The van der Waals surface area contributed by atoms with E-state index in [2.05, 4.69) is 26.0 Å². The van der Waals surface area contributed by atoms with Gasteiger partial charge in [-0.1, -0.05) is 32.4 Å². The average Bonchev–Trinajstić information content (AvgIpc) is 2.15. The maximum Gasteiger partial charge on any atom is 0.302 e. The van der Waals surface area contributed by atoms with Gasteiger partial charge in [0.05, 0.1) is 6.61 Å². The lowest BCUT2D eigenvalue weighted by molar-refractivity contribution is -0.141. The smallest absolute Gasteiger partial charge is 0.302 e. The zero-order valence-electron chi connectivity index (χ0n) is 9.58. The average molecular weight is 198 g/mol. The van der Waals surface area contributed by atoms with E-state index in [1.54, 1.807) is 0 Å². The van der Waals surface area contributed by atoms with Gasteiger partial charge in [-0.3, -0.25) is 4.79 Å². The lowest BCUT2D eigenvalue weighted by Crippen LogP contribution is -1.99. The number of hydrogen-bond acceptors (Lipinski definition) is 2. The quantitative estimate of drug-likeness (QED) is 0.356. The predicted octanol–water partition coefficient (Wildman–Crippen LogP) is 3.32. The SMILES string of the molecule is CCC(C)C/C=C/CCCOC(C)=O. The van der Waals surface area contributed by atoms with E-state index in [0.29, 0.717) is 6.61 Å². The molecular formula is C12H22O2. The van der Waals surface area contributed by atoms with Gasteiger partial charge in [-0.05, 0) is 25.2 Å². The van der Waals surface area contributed by atoms with Crippen LogP contribution in [0, 0.1) is 5.92 Å². The molecule has 0 aromatic heterocycles. The van der Waals surface area contributed by atoms with Gasteiger partial charge >= 0.3 is 5.97 Å². The van der Waals surface area contributed by atoms with Crippen LogP contribution in [-0.2, 0) is 9.53 Å². The number of esters is 1. The standard InChI is InChI=1S/C12H22O2/c1-4-11(2)9-7-5-6-8-10-14-12(3)13/h5,7,11H,4,6,8-10H2,1-3H3/b7-5+. The summed E-state index contributed by atoms with van der Waals surface area (Å²) in [6.07, 6.45) is 8.72. The van der Waals surface area contributed by atoms with Crippen molar-refractivity contribution in [2.45, 2.75) is 46.5 Å². The Morgan fingerprint density at radius 1 is 1.43 bits per heavy atom. The number of carbonyl (C=O) groups excluding carboxylic acids is 1. The third kappa shape index (κ3) is 9.30. The number of rotatable bonds is 7. The molecule has 0 rings (SSSR count). The van der Waals surface area contributed by atoms with E-state index >= 15 is 0 Å². The van der Waals surface area contributed by atoms with Crippen LogP contribution in [0.5, 0.6) is 0 Å². The molecule has 0 aromatic rings. The Morgan fingerprint density at radius 2 is 2.14 bits per heavy atom. The van der Waals surface area contributed by atoms with E-state index in [0.717, 1.165) is 25.2 Å². The molecule has 0 saturated heterocycles. The maximum atomic E-state index is 10.4. The van der Waals surface area contributed by atoms with E-state index in [4.69, 9.17) is 4.74 Å². The highest BCUT2D eigenvalue weighted by molar-refractivity contribution is 5.65. The molecule has 0 spiro atoms. The minimum atomic E-state index is -0.186. The predicted molar refractivity (Wildman–Crippen MR) is 59.1 cm³/mol. The molecule has 82 valence electrons. The monoisotopic (exact) mass is 198 g/mol. The summed E-state index contributed by atoms with van der Waals surface area (Å²) in [6.45, 7) is 6.45. The van der Waals surface area contributed by atoms with Gasteiger partial charge in [0.1, 0.15) is 0 Å². The number of allylic oxidation sites excluding steroid dienone is 2. The second kappa shape index (κ2) is 8.79. The zero-order valence-corrected chi connectivity index (χ0v) is 9.58. The highest BCUT2D eigenvalue weighted by atomic mass is 16.5. The number of ether oxygens (including phenoxy) is 1. The summed E-state index contributed by atoms with van der Waals surface area (Å²) in [4.78, 5) is 10.4. The molecule has 2 heteroatoms. The molecule has 0 radical (unpaired) electrons. The fourth-order valence-corrected chi connectivity index (χ4v) is 1.03. The van der Waals surface area contributed by atoms with E-state index in [1.165, 1.54) is 13.3 Å². The lowest BCUT2D eigenvalue weighted by Gasteiger charge is -2.02. The molecular weight excluding hydrogens is 176 g/mol. The molecule has 0 heterocycles. The van der Waals surface area contributed by atoms with Crippen molar-refractivity contribution in [1.29, 1.82) is 0 Å². The largest absolute Gasteiger partial charge is 0.466 e. The van der Waals surface area contributed by atoms with Gasteiger partial charge in [0, 0.05) is 6.92 Å². The molecule has 1 atom stereocenters. The Morgan fingerprint density at radius 3 is 2.71 bits per heavy atom. The molecule has 0 aliphatic rings. The van der Waals surface area contributed by atoms with E-state index in [9.17, 15) is 4.79 Å². The van der Waals surface area contributed by atoms with Gasteiger partial charge in [0.25, 0.3) is 0 Å². The molecule has 0 aliphatic heterocycles. The summed E-state index contributed by atoms with van der Waals surface area (Å²) < 4.78 is 4.82. The van der Waals surface area contributed by atoms with Crippen LogP contribution >= 0.6 is 0 Å². The van der Waals surface area contributed by atoms with Gasteiger partial charge in [0.15, 0.2) is 0 Å². The third-order valence-electron chi connectivity index (χ3n) is 2.22. The summed E-state index contributed by atoms with van der Waals surface area (Å²) in [6, 6.07) is 0. The Balaban J connectivity index is 3.23. The van der Waals surface area contributed by atoms with Crippen LogP contribution in [0.4, 0.5) is 0 Å². The maximum absolute atomic E-state index is 10.4. The van der Waals surface area contributed by atoms with Gasteiger partial charge in [-0.25, -0.2) is 0 Å². The first-order valence-corrected chi connectivity index (χ1v) is 5.45. The third-order valence-corrected chi connectivity index (χ3v) is 2.22. The normalized spacial score (nSPS) is 13.1. The summed E-state index contributed by atoms with van der Waals surface area (Å²) in [5, 5.41) is 0. The van der Waals surface area contributed by atoms with Crippen LogP contribution in [0.15, 0.2) is 12.2 Å². The first-order chi connectivity index (χ1) is 6.66. The van der Waals surface area contributed by atoms with Crippen LogP contribution in [0.2, 0.25) is 0 Å². The molecule has 0 fully saturated rings. The molecule has 0 N–H and O–H groups in total. The lowest BCUT2D eigenvalue weighted by atomic mass is 10.0. The van der Waals surface area contributed by atoms with Crippen molar-refractivity contribution >= 4 is 5.97 Å². The summed E-state index contributed by atoms with van der Waals surface area (Å²) in [5.74, 6) is 0.591. The van der Waals surface area contributed by atoms with Crippen LogP contribution in [0.25, 0.3) is 0 Å². The van der Waals surface area contributed by atoms with E-state index in [-0.39, 0.29) is 5.97 Å². The van der Waals surface area contributed by atoms with Crippen LogP contribution in [-0.4, -0.2) is 12.6 Å². The van der Waals surface area contributed by atoms with Gasteiger partial charge < -0.3 is 4.74 Å². The molecule has 0 amide bonds. The van der Waals surface area contributed by atoms with Crippen LogP contribution in [0.1, 0.15) is 46.5 Å². The summed E-state index contributed by atoms with van der Waals surface area (Å²) in [7, 11) is 0. The molecule has 0 aromatic carbocycles. The minimum absolute atomic E-state index is 0.186. The van der Waals surface area contributed by atoms with Crippen molar-refractivity contribution in [3.05, 3.63) is 12.2 Å². The Kier molecular flexibility index (Phi) is 8.30. The molecule has 0 saturated carbocycles. The topological polar surface area (TPSA) is 26.3 Å². The molecule has 0 aliphatic carbocycles. The van der Waals surface area contributed by atoms with Crippen molar-refractivity contribution in [1.82, 2.24) is 0 Å². The fraction of sp³-hybridized carbons (Fsp3) is 0.750. The van der Waals surface area contributed by atoms with Crippen molar-refractivity contribution in [2.75, 3.05) is 6.61 Å². The Bertz CT molecular complexity index is 173. The highest BCUT2D eigenvalue weighted by Gasteiger charge is 1.93. The van der Waals surface area contributed by atoms with Crippen molar-refractivity contribution in [3.8, 4) is 0 Å². The molecule has 2 nitrogen and oxygen atoms in total. The highest BCUT2D eigenvalue weighted by Crippen LogP contribution is 2.07. The summed E-state index contributed by atoms with van der Waals surface area (Å²) in [5.41, 5.74) is 0. The fourth-order valence-electron chi connectivity index (χ4n) is 1.03. The Hall–Kier alpha value is -0.790. The number of unbranched alkanes of at least 4 members (excludes halogenated alkanes) is 1. The minimum Gasteiger partial charge on any atom is -0.466 e. The number of hydrogen-bond donors (Lipinski definition) is 0.